The average Bonchev–Trinajstić information content (AvgIpc) is 2.78. The molecule has 1 saturated heterocycles. The molecule has 1 aliphatic rings. The zero-order valence-electron chi connectivity index (χ0n) is 12.8. The van der Waals surface area contributed by atoms with Crippen molar-refractivity contribution in [2.75, 3.05) is 20.1 Å². The molecule has 8 heteroatoms. The van der Waals surface area contributed by atoms with E-state index in [0.29, 0.717) is 37.4 Å². The number of aromatic nitrogens is 1. The maximum absolute atomic E-state index is 12.6. The van der Waals surface area contributed by atoms with Gasteiger partial charge in [-0.2, -0.15) is 4.31 Å². The molecule has 7 nitrogen and oxygen atoms in total. The van der Waals surface area contributed by atoms with Crippen molar-refractivity contribution in [3.63, 3.8) is 0 Å². The van der Waals surface area contributed by atoms with Crippen LogP contribution in [0.25, 0.3) is 0 Å². The van der Waals surface area contributed by atoms with Gasteiger partial charge in [-0.1, -0.05) is 5.16 Å². The van der Waals surface area contributed by atoms with Crippen molar-refractivity contribution in [3.05, 3.63) is 11.5 Å². The minimum absolute atomic E-state index is 0.00188. The molecule has 0 atom stereocenters. The number of hydrogen-bond acceptors (Lipinski definition) is 5. The minimum atomic E-state index is -3.58. The van der Waals surface area contributed by atoms with Gasteiger partial charge >= 0.3 is 0 Å². The molecule has 0 saturated carbocycles. The number of amides is 1. The van der Waals surface area contributed by atoms with Gasteiger partial charge in [-0.3, -0.25) is 4.79 Å². The molecule has 1 aromatic heterocycles. The van der Waals surface area contributed by atoms with Crippen LogP contribution in [0.3, 0.4) is 0 Å². The van der Waals surface area contributed by atoms with Crippen LogP contribution in [-0.4, -0.2) is 54.9 Å². The van der Waals surface area contributed by atoms with Gasteiger partial charge in [0.15, 0.2) is 5.76 Å². The number of nitrogens with zero attached hydrogens (tertiary/aromatic N) is 3. The maximum Gasteiger partial charge on any atom is 0.248 e. The standard InChI is InChI=1S/C13H21N3O4S/c1-9-13(10(2)20-14-9)21(18,19)16-7-5-12(6-8-16)15(4)11(3)17/h12H,5-8H2,1-4H3. The Morgan fingerprint density at radius 2 is 1.90 bits per heavy atom. The predicted octanol–water partition coefficient (Wildman–Crippen LogP) is 0.923. The van der Waals surface area contributed by atoms with Gasteiger partial charge in [0.2, 0.25) is 15.9 Å². The monoisotopic (exact) mass is 315 g/mol. The number of carbonyl (C=O) groups excluding carboxylic acids is 1. The lowest BCUT2D eigenvalue weighted by Gasteiger charge is -2.35. The van der Waals surface area contributed by atoms with E-state index in [4.69, 9.17) is 4.52 Å². The first kappa shape index (κ1) is 16.0. The SMILES string of the molecule is CC(=O)N(C)C1CCN(S(=O)(=O)c2c(C)noc2C)CC1. The molecule has 0 aliphatic carbocycles. The molecule has 2 heterocycles. The Balaban J connectivity index is 2.14. The largest absolute Gasteiger partial charge is 0.360 e. The quantitative estimate of drug-likeness (QED) is 0.828. The van der Waals surface area contributed by atoms with Crippen molar-refractivity contribution in [1.29, 1.82) is 0 Å². The first-order valence-corrected chi connectivity index (χ1v) is 8.35. The number of piperidine rings is 1. The second-order valence-electron chi connectivity index (χ2n) is 5.42. The average molecular weight is 315 g/mol. The fraction of sp³-hybridized carbons (Fsp3) is 0.692. The van der Waals surface area contributed by atoms with E-state index in [-0.39, 0.29) is 16.8 Å². The minimum Gasteiger partial charge on any atom is -0.360 e. The van der Waals surface area contributed by atoms with Crippen LogP contribution in [0.1, 0.15) is 31.2 Å². The summed E-state index contributed by atoms with van der Waals surface area (Å²) in [7, 11) is -1.82. The Kier molecular flexibility index (Phi) is 4.38. The molecule has 0 radical (unpaired) electrons. The first-order chi connectivity index (χ1) is 9.75. The zero-order chi connectivity index (χ0) is 15.8. The Hall–Kier alpha value is -1.41. The second kappa shape index (κ2) is 5.76. The van der Waals surface area contributed by atoms with Crippen molar-refractivity contribution < 1.29 is 17.7 Å². The summed E-state index contributed by atoms with van der Waals surface area (Å²) in [6, 6.07) is 0.0959. The Labute approximate surface area is 124 Å². The Morgan fingerprint density at radius 1 is 1.33 bits per heavy atom. The van der Waals surface area contributed by atoms with Gasteiger partial charge in [-0.25, -0.2) is 8.42 Å². The van der Waals surface area contributed by atoms with Crippen LogP contribution >= 0.6 is 0 Å². The van der Waals surface area contributed by atoms with Crippen molar-refractivity contribution in [2.24, 2.45) is 0 Å². The highest BCUT2D eigenvalue weighted by atomic mass is 32.2. The molecular formula is C13H21N3O4S. The van der Waals surface area contributed by atoms with E-state index in [2.05, 4.69) is 5.16 Å². The highest BCUT2D eigenvalue weighted by Gasteiger charge is 2.34. The molecule has 118 valence electrons. The van der Waals surface area contributed by atoms with Crippen molar-refractivity contribution >= 4 is 15.9 Å². The topological polar surface area (TPSA) is 83.7 Å². The molecule has 0 spiro atoms. The molecule has 1 fully saturated rings. The fourth-order valence-corrected chi connectivity index (χ4v) is 4.46. The Bertz CT molecular complexity index is 610. The summed E-state index contributed by atoms with van der Waals surface area (Å²) in [4.78, 5) is 13.2. The van der Waals surface area contributed by atoms with Gasteiger partial charge in [-0.05, 0) is 26.7 Å². The third kappa shape index (κ3) is 2.96. The third-order valence-corrected chi connectivity index (χ3v) is 6.18. The lowest BCUT2D eigenvalue weighted by atomic mass is 10.1. The Morgan fingerprint density at radius 3 is 2.33 bits per heavy atom. The first-order valence-electron chi connectivity index (χ1n) is 6.91. The summed E-state index contributed by atoms with van der Waals surface area (Å²) < 4.78 is 31.7. The van der Waals surface area contributed by atoms with Crippen LogP contribution in [0.4, 0.5) is 0 Å². The van der Waals surface area contributed by atoms with Gasteiger partial charge in [-0.15, -0.1) is 0 Å². The molecule has 0 aromatic carbocycles. The van der Waals surface area contributed by atoms with Crippen LogP contribution in [0, 0.1) is 13.8 Å². The molecule has 0 bridgehead atoms. The van der Waals surface area contributed by atoms with Crippen molar-refractivity contribution in [2.45, 2.75) is 44.6 Å². The molecule has 0 unspecified atom stereocenters. The van der Waals surface area contributed by atoms with E-state index < -0.39 is 10.0 Å². The van der Waals surface area contributed by atoms with Crippen LogP contribution in [0.2, 0.25) is 0 Å². The maximum atomic E-state index is 12.6. The molecule has 2 rings (SSSR count). The number of carbonyl (C=O) groups is 1. The number of rotatable bonds is 3. The molecule has 1 amide bonds. The van der Waals surface area contributed by atoms with Crippen LogP contribution in [0.15, 0.2) is 9.42 Å². The predicted molar refractivity (Wildman–Crippen MR) is 76.2 cm³/mol. The summed E-state index contributed by atoms with van der Waals surface area (Å²) in [5.74, 6) is 0.317. The van der Waals surface area contributed by atoms with Gasteiger partial charge in [0, 0.05) is 33.1 Å². The third-order valence-electron chi connectivity index (χ3n) is 4.03. The number of aryl methyl sites for hydroxylation is 2. The van der Waals surface area contributed by atoms with Gasteiger partial charge < -0.3 is 9.42 Å². The summed E-state index contributed by atoms with van der Waals surface area (Å²) in [5, 5.41) is 3.71. The number of hydrogen-bond donors (Lipinski definition) is 0. The van der Waals surface area contributed by atoms with Crippen molar-refractivity contribution in [1.82, 2.24) is 14.4 Å². The van der Waals surface area contributed by atoms with Crippen LogP contribution in [0.5, 0.6) is 0 Å². The van der Waals surface area contributed by atoms with Crippen molar-refractivity contribution in [3.8, 4) is 0 Å². The zero-order valence-corrected chi connectivity index (χ0v) is 13.6. The van der Waals surface area contributed by atoms with E-state index in [1.165, 1.54) is 11.2 Å². The second-order valence-corrected chi connectivity index (χ2v) is 7.29. The summed E-state index contributed by atoms with van der Waals surface area (Å²) >= 11 is 0. The summed E-state index contributed by atoms with van der Waals surface area (Å²) in [5.41, 5.74) is 0.385. The van der Waals surface area contributed by atoms with Crippen LogP contribution < -0.4 is 0 Å². The normalized spacial score (nSPS) is 17.9. The van der Waals surface area contributed by atoms with Gasteiger partial charge in [0.1, 0.15) is 10.6 Å². The number of sulfonamides is 1. The smallest absolute Gasteiger partial charge is 0.248 e. The molecule has 1 aromatic rings. The van der Waals surface area contributed by atoms with E-state index >= 15 is 0 Å². The van der Waals surface area contributed by atoms with E-state index in [0.717, 1.165) is 0 Å². The van der Waals surface area contributed by atoms with E-state index in [1.807, 2.05) is 0 Å². The lowest BCUT2D eigenvalue weighted by Crippen LogP contribution is -2.46. The highest BCUT2D eigenvalue weighted by Crippen LogP contribution is 2.26. The van der Waals surface area contributed by atoms with E-state index in [9.17, 15) is 13.2 Å². The fourth-order valence-electron chi connectivity index (χ4n) is 2.70. The molecule has 0 N–H and O–H groups in total. The molecular weight excluding hydrogens is 294 g/mol. The van der Waals surface area contributed by atoms with E-state index in [1.54, 1.807) is 25.8 Å². The lowest BCUT2D eigenvalue weighted by molar-refractivity contribution is -0.130. The van der Waals surface area contributed by atoms with Gasteiger partial charge in [0.05, 0.1) is 0 Å². The highest BCUT2D eigenvalue weighted by molar-refractivity contribution is 7.89. The summed E-state index contributed by atoms with van der Waals surface area (Å²) in [6.45, 7) is 5.54. The molecule has 21 heavy (non-hydrogen) atoms. The van der Waals surface area contributed by atoms with Gasteiger partial charge in [0.25, 0.3) is 0 Å². The molecule has 1 aliphatic heterocycles. The summed E-state index contributed by atoms with van der Waals surface area (Å²) in [6.07, 6.45) is 1.28. The van der Waals surface area contributed by atoms with Crippen LogP contribution in [-0.2, 0) is 14.8 Å².